The molecule has 0 radical (unpaired) electrons. The second-order valence-electron chi connectivity index (χ2n) is 6.77. The van der Waals surface area contributed by atoms with E-state index in [1.165, 1.54) is 25.7 Å². The van der Waals surface area contributed by atoms with Crippen molar-refractivity contribution in [2.75, 3.05) is 19.8 Å². The summed E-state index contributed by atoms with van der Waals surface area (Å²) in [6.07, 6.45) is 12.4. The van der Waals surface area contributed by atoms with Crippen LogP contribution in [0.3, 0.4) is 0 Å². The summed E-state index contributed by atoms with van der Waals surface area (Å²) < 4.78 is 5.33. The minimum atomic E-state index is 0.135. The number of thioether (sulfide) groups is 1. The van der Waals surface area contributed by atoms with E-state index in [9.17, 15) is 4.79 Å². The zero-order chi connectivity index (χ0) is 16.6. The summed E-state index contributed by atoms with van der Waals surface area (Å²) in [6.45, 7) is 2.32. The fourth-order valence-corrected chi connectivity index (χ4v) is 4.36. The smallest absolute Gasteiger partial charge is 0.220 e. The number of carbonyl (C=O) groups excluding carboxylic acids is 1. The molecule has 24 heavy (non-hydrogen) atoms. The van der Waals surface area contributed by atoms with E-state index >= 15 is 0 Å². The topological polar surface area (TPSA) is 64.1 Å². The third-order valence-corrected chi connectivity index (χ3v) is 6.02. The maximum absolute atomic E-state index is 11.9. The van der Waals surface area contributed by atoms with E-state index in [-0.39, 0.29) is 5.91 Å². The molecule has 1 aliphatic heterocycles. The van der Waals surface area contributed by atoms with E-state index in [0.717, 1.165) is 43.2 Å². The number of nitrogens with one attached hydrogen (secondary N) is 1. The number of hydrogen-bond acceptors (Lipinski definition) is 5. The lowest BCUT2D eigenvalue weighted by atomic mass is 10.0. The second-order valence-corrected chi connectivity index (χ2v) is 8.03. The van der Waals surface area contributed by atoms with Crippen molar-refractivity contribution in [1.29, 1.82) is 0 Å². The number of ether oxygens (including phenoxy) is 1. The monoisotopic (exact) mass is 349 g/mol. The van der Waals surface area contributed by atoms with Gasteiger partial charge in [0.15, 0.2) is 5.16 Å². The molecule has 132 valence electrons. The standard InChI is InChI=1S/C18H27N3O2S/c22-17(6-5-14-8-10-23-13-14)19-9-7-15-11-20-18(21-12-15)24-16-3-1-2-4-16/h11-12,14,16H,1-10,13H2,(H,19,22)/t14-/m0/s1. The Labute approximate surface area is 148 Å². The van der Waals surface area contributed by atoms with Crippen LogP contribution in [-0.2, 0) is 16.0 Å². The van der Waals surface area contributed by atoms with Gasteiger partial charge >= 0.3 is 0 Å². The van der Waals surface area contributed by atoms with Crippen molar-refractivity contribution in [3.63, 3.8) is 0 Å². The number of nitrogens with zero attached hydrogens (tertiary/aromatic N) is 2. The van der Waals surface area contributed by atoms with Crippen molar-refractivity contribution in [3.8, 4) is 0 Å². The van der Waals surface area contributed by atoms with Gasteiger partial charge in [0.2, 0.25) is 5.91 Å². The summed E-state index contributed by atoms with van der Waals surface area (Å²) in [6, 6.07) is 0. The van der Waals surface area contributed by atoms with Crippen LogP contribution in [0.4, 0.5) is 0 Å². The average Bonchev–Trinajstić information content (AvgIpc) is 3.28. The van der Waals surface area contributed by atoms with Gasteiger partial charge < -0.3 is 10.1 Å². The fraction of sp³-hybridized carbons (Fsp3) is 0.722. The molecule has 1 aromatic rings. The van der Waals surface area contributed by atoms with Crippen LogP contribution in [0.15, 0.2) is 17.6 Å². The number of amides is 1. The second kappa shape index (κ2) is 9.37. The van der Waals surface area contributed by atoms with Gasteiger partial charge in [0, 0.05) is 43.8 Å². The summed E-state index contributed by atoms with van der Waals surface area (Å²) >= 11 is 1.81. The van der Waals surface area contributed by atoms with Crippen LogP contribution in [0.25, 0.3) is 0 Å². The first-order valence-corrected chi connectivity index (χ1v) is 9.99. The van der Waals surface area contributed by atoms with Crippen LogP contribution >= 0.6 is 11.8 Å². The molecule has 1 amide bonds. The van der Waals surface area contributed by atoms with Crippen molar-refractivity contribution in [3.05, 3.63) is 18.0 Å². The number of hydrogen-bond donors (Lipinski definition) is 1. The molecule has 1 saturated carbocycles. The molecule has 1 aliphatic carbocycles. The van der Waals surface area contributed by atoms with E-state index in [1.807, 2.05) is 12.4 Å². The molecule has 1 saturated heterocycles. The fourth-order valence-electron chi connectivity index (χ4n) is 3.27. The third-order valence-electron chi connectivity index (χ3n) is 4.80. The van der Waals surface area contributed by atoms with E-state index in [0.29, 0.717) is 24.1 Å². The minimum Gasteiger partial charge on any atom is -0.381 e. The van der Waals surface area contributed by atoms with Crippen molar-refractivity contribution in [2.45, 2.75) is 61.8 Å². The van der Waals surface area contributed by atoms with E-state index in [1.54, 1.807) is 11.8 Å². The number of aromatic nitrogens is 2. The third kappa shape index (κ3) is 5.74. The molecule has 1 N–H and O–H groups in total. The highest BCUT2D eigenvalue weighted by Gasteiger charge is 2.18. The highest BCUT2D eigenvalue weighted by Crippen LogP contribution is 2.32. The van der Waals surface area contributed by atoms with E-state index < -0.39 is 0 Å². The first-order chi connectivity index (χ1) is 11.8. The molecule has 3 rings (SSSR count). The summed E-state index contributed by atoms with van der Waals surface area (Å²) in [5.74, 6) is 0.699. The maximum atomic E-state index is 11.9. The molecule has 0 aromatic carbocycles. The molecule has 2 fully saturated rings. The highest BCUT2D eigenvalue weighted by atomic mass is 32.2. The van der Waals surface area contributed by atoms with Gasteiger partial charge in [-0.15, -0.1) is 0 Å². The van der Waals surface area contributed by atoms with E-state index in [2.05, 4.69) is 15.3 Å². The van der Waals surface area contributed by atoms with Crippen LogP contribution in [-0.4, -0.2) is 40.9 Å². The molecule has 5 nitrogen and oxygen atoms in total. The number of carbonyl (C=O) groups is 1. The first kappa shape index (κ1) is 17.7. The lowest BCUT2D eigenvalue weighted by Gasteiger charge is -2.09. The predicted octanol–water partition coefficient (Wildman–Crippen LogP) is 2.99. The molecule has 0 bridgehead atoms. The summed E-state index contributed by atoms with van der Waals surface area (Å²) in [5, 5.41) is 4.57. The Bertz CT molecular complexity index is 512. The van der Waals surface area contributed by atoms with Gasteiger partial charge in [0.05, 0.1) is 0 Å². The van der Waals surface area contributed by atoms with Gasteiger partial charge in [-0.1, -0.05) is 24.6 Å². The Hall–Kier alpha value is -1.14. The summed E-state index contributed by atoms with van der Waals surface area (Å²) in [4.78, 5) is 20.8. The van der Waals surface area contributed by atoms with Gasteiger partial charge in [-0.2, -0.15) is 0 Å². The van der Waals surface area contributed by atoms with Gasteiger partial charge in [-0.05, 0) is 43.6 Å². The van der Waals surface area contributed by atoms with E-state index in [4.69, 9.17) is 4.74 Å². The van der Waals surface area contributed by atoms with Crippen molar-refractivity contribution >= 4 is 17.7 Å². The maximum Gasteiger partial charge on any atom is 0.220 e. The largest absolute Gasteiger partial charge is 0.381 e. The average molecular weight is 350 g/mol. The minimum absolute atomic E-state index is 0.135. The van der Waals surface area contributed by atoms with Gasteiger partial charge in [0.1, 0.15) is 0 Å². The first-order valence-electron chi connectivity index (χ1n) is 9.11. The molecule has 2 heterocycles. The van der Waals surface area contributed by atoms with Gasteiger partial charge in [-0.3, -0.25) is 4.79 Å². The van der Waals surface area contributed by atoms with Gasteiger partial charge in [-0.25, -0.2) is 9.97 Å². The Morgan fingerprint density at radius 1 is 1.25 bits per heavy atom. The van der Waals surface area contributed by atoms with Crippen LogP contribution in [0.2, 0.25) is 0 Å². The molecule has 0 unspecified atom stereocenters. The Balaban J connectivity index is 1.31. The highest BCUT2D eigenvalue weighted by molar-refractivity contribution is 7.99. The van der Waals surface area contributed by atoms with Crippen molar-refractivity contribution in [2.24, 2.45) is 5.92 Å². The quantitative estimate of drug-likeness (QED) is 0.731. The number of rotatable bonds is 8. The summed E-state index contributed by atoms with van der Waals surface area (Å²) in [7, 11) is 0. The SMILES string of the molecule is O=C(CC[C@H]1CCOC1)NCCc1cnc(SC2CCCC2)nc1. The molecule has 6 heteroatoms. The molecule has 2 aliphatic rings. The molecule has 0 spiro atoms. The normalized spacial score (nSPS) is 21.2. The predicted molar refractivity (Wildman–Crippen MR) is 95.0 cm³/mol. The molecular weight excluding hydrogens is 322 g/mol. The van der Waals surface area contributed by atoms with Crippen LogP contribution in [0.5, 0.6) is 0 Å². The molecular formula is C18H27N3O2S. The Morgan fingerprint density at radius 3 is 2.75 bits per heavy atom. The lowest BCUT2D eigenvalue weighted by molar-refractivity contribution is -0.121. The zero-order valence-corrected chi connectivity index (χ0v) is 15.0. The Morgan fingerprint density at radius 2 is 2.04 bits per heavy atom. The van der Waals surface area contributed by atoms with Crippen LogP contribution < -0.4 is 5.32 Å². The molecule has 1 aromatic heterocycles. The van der Waals surface area contributed by atoms with Crippen molar-refractivity contribution in [1.82, 2.24) is 15.3 Å². The van der Waals surface area contributed by atoms with Crippen molar-refractivity contribution < 1.29 is 9.53 Å². The summed E-state index contributed by atoms with van der Waals surface area (Å²) in [5.41, 5.74) is 1.08. The lowest BCUT2D eigenvalue weighted by Crippen LogP contribution is -2.26. The van der Waals surface area contributed by atoms with Crippen LogP contribution in [0, 0.1) is 5.92 Å². The van der Waals surface area contributed by atoms with Crippen LogP contribution in [0.1, 0.15) is 50.5 Å². The zero-order valence-electron chi connectivity index (χ0n) is 14.2. The van der Waals surface area contributed by atoms with Gasteiger partial charge in [0.25, 0.3) is 0 Å². The molecule has 1 atom stereocenters. The Kier molecular flexibility index (Phi) is 6.90.